The number of carbonyl (C=O) groups is 1. The quantitative estimate of drug-likeness (QED) is 0.640. The van der Waals surface area contributed by atoms with E-state index in [0.29, 0.717) is 5.56 Å². The largest absolute Gasteiger partial charge is 0.456 e. The number of benzene rings is 2. The predicted molar refractivity (Wildman–Crippen MR) is 115 cm³/mol. The van der Waals surface area contributed by atoms with Crippen molar-refractivity contribution in [1.29, 1.82) is 0 Å². The lowest BCUT2D eigenvalue weighted by molar-refractivity contribution is 0.00651. The zero-order valence-electron chi connectivity index (χ0n) is 17.3. The Balaban J connectivity index is 2.46. The summed E-state index contributed by atoms with van der Waals surface area (Å²) in [6.45, 7) is 6.67. The van der Waals surface area contributed by atoms with Crippen LogP contribution in [0.4, 0.5) is 0 Å². The molecule has 164 valence electrons. The molecule has 2 rings (SSSR count). The normalized spacial score (nSPS) is 13.7. The van der Waals surface area contributed by atoms with E-state index in [0.717, 1.165) is 6.26 Å². The molecule has 0 saturated heterocycles. The van der Waals surface area contributed by atoms with Crippen molar-refractivity contribution in [2.24, 2.45) is 0 Å². The minimum Gasteiger partial charge on any atom is -0.456 e. The Labute approximate surface area is 182 Å². The van der Waals surface area contributed by atoms with Crippen LogP contribution in [0.15, 0.2) is 52.3 Å². The highest BCUT2D eigenvalue weighted by Gasteiger charge is 2.28. The first-order valence-electron chi connectivity index (χ1n) is 8.95. The summed E-state index contributed by atoms with van der Waals surface area (Å²) in [5.74, 6) is -0.800. The minimum atomic E-state index is -4.06. The third-order valence-corrected chi connectivity index (χ3v) is 6.78. The lowest BCUT2D eigenvalue weighted by Gasteiger charge is -2.20. The van der Waals surface area contributed by atoms with E-state index in [9.17, 15) is 21.6 Å². The summed E-state index contributed by atoms with van der Waals surface area (Å²) in [5, 5.41) is 0.200. The fourth-order valence-corrected chi connectivity index (χ4v) is 5.06. The number of ether oxygens (including phenoxy) is 1. The fraction of sp³-hybridized carbons (Fsp3) is 0.350. The maximum Gasteiger partial charge on any atom is 0.340 e. The van der Waals surface area contributed by atoms with Crippen LogP contribution in [0.3, 0.4) is 0 Å². The molecule has 0 heterocycles. The Morgan fingerprint density at radius 2 is 1.60 bits per heavy atom. The molecule has 0 aliphatic rings. The van der Waals surface area contributed by atoms with Crippen molar-refractivity contribution in [2.75, 3.05) is 6.26 Å². The zero-order chi connectivity index (χ0) is 22.9. The molecule has 1 N–H and O–H groups in total. The highest BCUT2D eigenvalue weighted by Crippen LogP contribution is 2.29. The van der Waals surface area contributed by atoms with Gasteiger partial charge in [-0.15, -0.1) is 0 Å². The molecule has 1 atom stereocenters. The standard InChI is InChI=1S/C20H24ClNO6S2/c1-13(22-29(5,24)25)14-6-9-16(10-7-14)30(26,27)18-11-8-15(21)12-17(18)19(23)28-20(2,3)4/h6-13,22H,1-5H3/t13-/m0/s1. The Kier molecular flexibility index (Phi) is 7.03. The monoisotopic (exact) mass is 473 g/mol. The lowest BCUT2D eigenvalue weighted by atomic mass is 10.1. The van der Waals surface area contributed by atoms with Crippen LogP contribution < -0.4 is 4.72 Å². The highest BCUT2D eigenvalue weighted by atomic mass is 35.5. The van der Waals surface area contributed by atoms with Crippen molar-refractivity contribution >= 4 is 37.4 Å². The van der Waals surface area contributed by atoms with E-state index in [1.54, 1.807) is 27.7 Å². The average Bonchev–Trinajstić information content (AvgIpc) is 2.58. The smallest absolute Gasteiger partial charge is 0.340 e. The van der Waals surface area contributed by atoms with Gasteiger partial charge in [0.05, 0.1) is 21.6 Å². The van der Waals surface area contributed by atoms with Crippen molar-refractivity contribution in [2.45, 2.75) is 49.1 Å². The van der Waals surface area contributed by atoms with Crippen molar-refractivity contribution in [3.8, 4) is 0 Å². The number of nitrogens with one attached hydrogen (secondary N) is 1. The second-order valence-corrected chi connectivity index (χ2v) is 12.0. The third kappa shape index (κ3) is 6.28. The molecule has 2 aromatic carbocycles. The summed E-state index contributed by atoms with van der Waals surface area (Å²) in [7, 11) is -7.48. The van der Waals surface area contributed by atoms with Gasteiger partial charge >= 0.3 is 5.97 Å². The number of sulfonamides is 1. The van der Waals surface area contributed by atoms with E-state index in [1.165, 1.54) is 42.5 Å². The second-order valence-electron chi connectivity index (χ2n) is 7.83. The van der Waals surface area contributed by atoms with Gasteiger partial charge in [-0.3, -0.25) is 0 Å². The van der Waals surface area contributed by atoms with Crippen molar-refractivity contribution in [3.63, 3.8) is 0 Å². The second kappa shape index (κ2) is 8.66. The van der Waals surface area contributed by atoms with Crippen LogP contribution in [0.5, 0.6) is 0 Å². The van der Waals surface area contributed by atoms with Gasteiger partial charge in [0.2, 0.25) is 19.9 Å². The molecular formula is C20H24ClNO6S2. The van der Waals surface area contributed by atoms with Gasteiger partial charge in [-0.05, 0) is 63.6 Å². The Morgan fingerprint density at radius 3 is 2.10 bits per heavy atom. The number of halogens is 1. The summed E-state index contributed by atoms with van der Waals surface area (Å²) >= 11 is 5.98. The van der Waals surface area contributed by atoms with Crippen LogP contribution in [0.25, 0.3) is 0 Å². The molecule has 0 amide bonds. The molecule has 30 heavy (non-hydrogen) atoms. The van der Waals surface area contributed by atoms with E-state index in [1.807, 2.05) is 0 Å². The number of carbonyl (C=O) groups excluding carboxylic acids is 1. The summed E-state index contributed by atoms with van der Waals surface area (Å²) in [6.07, 6.45) is 1.04. The summed E-state index contributed by atoms with van der Waals surface area (Å²) in [4.78, 5) is 12.3. The van der Waals surface area contributed by atoms with Crippen molar-refractivity contribution in [3.05, 3.63) is 58.6 Å². The molecule has 0 spiro atoms. The molecule has 0 aromatic heterocycles. The molecule has 7 nitrogen and oxygen atoms in total. The number of sulfone groups is 1. The van der Waals surface area contributed by atoms with Crippen LogP contribution in [-0.4, -0.2) is 34.7 Å². The zero-order valence-corrected chi connectivity index (χ0v) is 19.7. The molecule has 10 heteroatoms. The Hall–Kier alpha value is -1.94. The van der Waals surface area contributed by atoms with Crippen LogP contribution >= 0.6 is 11.6 Å². The Morgan fingerprint density at radius 1 is 1.03 bits per heavy atom. The highest BCUT2D eigenvalue weighted by molar-refractivity contribution is 7.91. The van der Waals surface area contributed by atoms with Gasteiger partial charge in [0.1, 0.15) is 5.60 Å². The van der Waals surface area contributed by atoms with Crippen LogP contribution in [0, 0.1) is 0 Å². The van der Waals surface area contributed by atoms with Gasteiger partial charge in [0, 0.05) is 11.1 Å². The summed E-state index contributed by atoms with van der Waals surface area (Å²) in [5.41, 5.74) is -0.387. The molecule has 0 aliphatic carbocycles. The van der Waals surface area contributed by atoms with Gasteiger partial charge in [-0.25, -0.2) is 26.4 Å². The maximum absolute atomic E-state index is 13.2. The predicted octanol–water partition coefficient (Wildman–Crippen LogP) is 3.74. The fourth-order valence-electron chi connectivity index (χ4n) is 2.68. The first-order valence-corrected chi connectivity index (χ1v) is 12.7. The van der Waals surface area contributed by atoms with E-state index in [-0.39, 0.29) is 20.4 Å². The summed E-state index contributed by atoms with van der Waals surface area (Å²) < 4.78 is 56.9. The molecule has 0 fully saturated rings. The van der Waals surface area contributed by atoms with Crippen LogP contribution in [0.2, 0.25) is 5.02 Å². The van der Waals surface area contributed by atoms with E-state index >= 15 is 0 Å². The van der Waals surface area contributed by atoms with Gasteiger partial charge in [-0.1, -0.05) is 23.7 Å². The van der Waals surface area contributed by atoms with Crippen LogP contribution in [0.1, 0.15) is 49.7 Å². The molecule has 0 unspecified atom stereocenters. The van der Waals surface area contributed by atoms with Gasteiger partial charge in [-0.2, -0.15) is 0 Å². The first-order chi connectivity index (χ1) is 13.6. The average molecular weight is 474 g/mol. The Bertz CT molecular complexity index is 1150. The van der Waals surface area contributed by atoms with Crippen molar-refractivity contribution in [1.82, 2.24) is 4.72 Å². The summed E-state index contributed by atoms with van der Waals surface area (Å²) in [6, 6.07) is 9.11. The molecular weight excluding hydrogens is 450 g/mol. The van der Waals surface area contributed by atoms with E-state index in [2.05, 4.69) is 4.72 Å². The lowest BCUT2D eigenvalue weighted by Crippen LogP contribution is -2.25. The first kappa shape index (κ1) is 24.3. The molecule has 0 aliphatic heterocycles. The molecule has 0 radical (unpaired) electrons. The third-order valence-electron chi connectivity index (χ3n) is 3.93. The van der Waals surface area contributed by atoms with Gasteiger partial charge in [0.15, 0.2) is 0 Å². The van der Waals surface area contributed by atoms with E-state index in [4.69, 9.17) is 16.3 Å². The number of rotatable bonds is 6. The maximum atomic E-state index is 13.2. The minimum absolute atomic E-state index is 0.0510. The number of hydrogen-bond acceptors (Lipinski definition) is 6. The van der Waals surface area contributed by atoms with Gasteiger partial charge in [0.25, 0.3) is 0 Å². The SMILES string of the molecule is C[C@H](NS(C)(=O)=O)c1ccc(S(=O)(=O)c2ccc(Cl)cc2C(=O)OC(C)(C)C)cc1. The van der Waals surface area contributed by atoms with Gasteiger partial charge < -0.3 is 4.74 Å². The molecule has 0 saturated carbocycles. The molecule has 0 bridgehead atoms. The number of esters is 1. The van der Waals surface area contributed by atoms with Crippen molar-refractivity contribution < 1.29 is 26.4 Å². The van der Waals surface area contributed by atoms with E-state index < -0.39 is 37.5 Å². The number of hydrogen-bond donors (Lipinski definition) is 1. The van der Waals surface area contributed by atoms with Crippen LogP contribution in [-0.2, 0) is 24.6 Å². The topological polar surface area (TPSA) is 107 Å². The molecule has 2 aromatic rings.